The minimum Gasteiger partial charge on any atom is -0.205 e. The highest BCUT2D eigenvalue weighted by molar-refractivity contribution is 5.65. The fraction of sp³-hybridized carbons (Fsp3) is 0.367. The molecule has 3 heteroatoms. The Morgan fingerprint density at radius 3 is 2.06 bits per heavy atom. The van der Waals surface area contributed by atoms with Gasteiger partial charge in [0.05, 0.1) is 0 Å². The molecule has 0 spiro atoms. The summed E-state index contributed by atoms with van der Waals surface area (Å²) in [6, 6.07) is 22.8. The maximum absolute atomic E-state index is 13.9. The maximum atomic E-state index is 13.9. The van der Waals surface area contributed by atoms with Crippen LogP contribution in [0.4, 0.5) is 8.78 Å². The standard InChI is InChI=1S/C30H31F2N/c1-21(25-5-3-2-4-6-25)17-24-11-9-22(10-12-24)7-8-23-13-15-26(16-14-23)27-18-29(31)28(20-33)30(32)19-27/h2-6,13-16,18-19,21-22,24H,7-12,17H2,1H3/t21-,22?,24?/m0/s1. The zero-order valence-electron chi connectivity index (χ0n) is 19.2. The first-order chi connectivity index (χ1) is 16.0. The van der Waals surface area contributed by atoms with E-state index in [9.17, 15) is 8.78 Å². The van der Waals surface area contributed by atoms with Crippen LogP contribution >= 0.6 is 0 Å². The number of nitriles is 1. The van der Waals surface area contributed by atoms with E-state index in [-0.39, 0.29) is 0 Å². The molecule has 1 aliphatic carbocycles. The van der Waals surface area contributed by atoms with Gasteiger partial charge >= 0.3 is 0 Å². The SMILES string of the molecule is C[C@@H](CC1CCC(CCc2ccc(-c3cc(F)c(C#N)c(F)c3)cc2)CC1)c1ccccc1. The Labute approximate surface area is 196 Å². The molecule has 3 aromatic rings. The normalized spacial score (nSPS) is 19.1. The Balaban J connectivity index is 1.25. The molecule has 0 amide bonds. The number of aryl methyl sites for hydroxylation is 1. The van der Waals surface area contributed by atoms with Gasteiger partial charge in [-0.25, -0.2) is 8.78 Å². The van der Waals surface area contributed by atoms with Crippen molar-refractivity contribution < 1.29 is 8.78 Å². The number of hydrogen-bond donors (Lipinski definition) is 0. The van der Waals surface area contributed by atoms with Crippen molar-refractivity contribution in [1.82, 2.24) is 0 Å². The van der Waals surface area contributed by atoms with Crippen molar-refractivity contribution in [3.05, 3.63) is 95.1 Å². The fourth-order valence-electron chi connectivity index (χ4n) is 5.25. The van der Waals surface area contributed by atoms with Gasteiger partial charge in [-0.3, -0.25) is 0 Å². The Bertz CT molecular complexity index is 1070. The lowest BCUT2D eigenvalue weighted by molar-refractivity contribution is 0.245. The number of hydrogen-bond acceptors (Lipinski definition) is 1. The molecule has 33 heavy (non-hydrogen) atoms. The van der Waals surface area contributed by atoms with Crippen LogP contribution in [0.1, 0.15) is 68.1 Å². The summed E-state index contributed by atoms with van der Waals surface area (Å²) in [6.45, 7) is 2.35. The first kappa shape index (κ1) is 23.2. The van der Waals surface area contributed by atoms with Crippen molar-refractivity contribution in [2.24, 2.45) is 11.8 Å². The van der Waals surface area contributed by atoms with Crippen LogP contribution in [-0.4, -0.2) is 0 Å². The van der Waals surface area contributed by atoms with E-state index in [1.54, 1.807) is 6.07 Å². The summed E-state index contributed by atoms with van der Waals surface area (Å²) in [6.07, 6.45) is 8.80. The van der Waals surface area contributed by atoms with E-state index in [0.717, 1.165) is 23.8 Å². The number of rotatable bonds is 7. The molecule has 1 fully saturated rings. The van der Waals surface area contributed by atoms with Gasteiger partial charge in [0, 0.05) is 0 Å². The van der Waals surface area contributed by atoms with Gasteiger partial charge in [0.15, 0.2) is 0 Å². The van der Waals surface area contributed by atoms with Crippen LogP contribution in [0.25, 0.3) is 11.1 Å². The lowest BCUT2D eigenvalue weighted by Crippen LogP contribution is -2.16. The van der Waals surface area contributed by atoms with Crippen molar-refractivity contribution in [3.63, 3.8) is 0 Å². The molecule has 0 aromatic heterocycles. The highest BCUT2D eigenvalue weighted by Crippen LogP contribution is 2.37. The minimum absolute atomic E-state index is 0.457. The maximum Gasteiger partial charge on any atom is 0.144 e. The summed E-state index contributed by atoms with van der Waals surface area (Å²) >= 11 is 0. The molecular formula is C30H31F2N. The summed E-state index contributed by atoms with van der Waals surface area (Å²) in [5, 5.41) is 8.83. The fourth-order valence-corrected chi connectivity index (χ4v) is 5.25. The topological polar surface area (TPSA) is 23.8 Å². The van der Waals surface area contributed by atoms with E-state index in [1.807, 2.05) is 12.1 Å². The van der Waals surface area contributed by atoms with Gasteiger partial charge in [0.1, 0.15) is 23.3 Å². The van der Waals surface area contributed by atoms with Crippen LogP contribution in [0.2, 0.25) is 0 Å². The molecule has 0 unspecified atom stereocenters. The van der Waals surface area contributed by atoms with Gasteiger partial charge < -0.3 is 0 Å². The van der Waals surface area contributed by atoms with Crippen LogP contribution in [-0.2, 0) is 6.42 Å². The molecule has 0 radical (unpaired) electrons. The van der Waals surface area contributed by atoms with E-state index in [2.05, 4.69) is 49.4 Å². The second-order valence-corrected chi connectivity index (χ2v) is 9.60. The third kappa shape index (κ3) is 5.88. The van der Waals surface area contributed by atoms with E-state index < -0.39 is 17.2 Å². The summed E-state index contributed by atoms with van der Waals surface area (Å²) in [5.41, 5.74) is 3.40. The first-order valence-corrected chi connectivity index (χ1v) is 12.1. The van der Waals surface area contributed by atoms with E-state index in [1.165, 1.54) is 61.8 Å². The monoisotopic (exact) mass is 443 g/mol. The van der Waals surface area contributed by atoms with E-state index in [4.69, 9.17) is 5.26 Å². The van der Waals surface area contributed by atoms with Crippen LogP contribution in [0.3, 0.4) is 0 Å². The highest BCUT2D eigenvalue weighted by Gasteiger charge is 2.23. The van der Waals surface area contributed by atoms with Gasteiger partial charge in [-0.1, -0.05) is 87.2 Å². The number of benzene rings is 3. The predicted octanol–water partition coefficient (Wildman–Crippen LogP) is 8.44. The molecule has 1 atom stereocenters. The zero-order chi connectivity index (χ0) is 23.2. The van der Waals surface area contributed by atoms with Gasteiger partial charge in [-0.05, 0) is 71.4 Å². The second-order valence-electron chi connectivity index (χ2n) is 9.60. The molecule has 0 N–H and O–H groups in total. The van der Waals surface area contributed by atoms with Crippen molar-refractivity contribution in [2.75, 3.05) is 0 Å². The smallest absolute Gasteiger partial charge is 0.144 e. The molecule has 0 bridgehead atoms. The summed E-state index contributed by atoms with van der Waals surface area (Å²) in [5.74, 6) is 0.624. The third-order valence-electron chi connectivity index (χ3n) is 7.30. The van der Waals surface area contributed by atoms with Gasteiger partial charge in [0.25, 0.3) is 0 Å². The lowest BCUT2D eigenvalue weighted by atomic mass is 9.75. The Morgan fingerprint density at radius 2 is 1.45 bits per heavy atom. The molecule has 1 aliphatic rings. The van der Waals surface area contributed by atoms with Crippen molar-refractivity contribution >= 4 is 0 Å². The largest absolute Gasteiger partial charge is 0.205 e. The summed E-state index contributed by atoms with van der Waals surface area (Å²) < 4.78 is 27.8. The van der Waals surface area contributed by atoms with Gasteiger partial charge in [-0.15, -0.1) is 0 Å². The molecule has 1 nitrogen and oxygen atoms in total. The van der Waals surface area contributed by atoms with Crippen molar-refractivity contribution in [1.29, 1.82) is 5.26 Å². The molecular weight excluding hydrogens is 412 g/mol. The molecule has 4 rings (SSSR count). The summed E-state index contributed by atoms with van der Waals surface area (Å²) in [4.78, 5) is 0. The average molecular weight is 444 g/mol. The minimum atomic E-state index is -0.814. The van der Waals surface area contributed by atoms with E-state index >= 15 is 0 Å². The molecule has 0 aliphatic heterocycles. The first-order valence-electron chi connectivity index (χ1n) is 12.1. The Kier molecular flexibility index (Phi) is 7.55. The van der Waals surface area contributed by atoms with Gasteiger partial charge in [-0.2, -0.15) is 5.26 Å². The lowest BCUT2D eigenvalue weighted by Gasteiger charge is -2.30. The van der Waals surface area contributed by atoms with Crippen LogP contribution in [0.15, 0.2) is 66.7 Å². The molecule has 0 heterocycles. The quantitative estimate of drug-likeness (QED) is 0.359. The molecule has 1 saturated carbocycles. The van der Waals surface area contributed by atoms with Crippen molar-refractivity contribution in [3.8, 4) is 17.2 Å². The van der Waals surface area contributed by atoms with Gasteiger partial charge in [0.2, 0.25) is 0 Å². The van der Waals surface area contributed by atoms with Crippen LogP contribution < -0.4 is 0 Å². The van der Waals surface area contributed by atoms with Crippen LogP contribution in [0, 0.1) is 34.8 Å². The van der Waals surface area contributed by atoms with E-state index in [0.29, 0.717) is 11.5 Å². The highest BCUT2D eigenvalue weighted by atomic mass is 19.1. The Hall–Kier alpha value is -2.99. The third-order valence-corrected chi connectivity index (χ3v) is 7.30. The summed E-state index contributed by atoms with van der Waals surface area (Å²) in [7, 11) is 0. The molecule has 170 valence electrons. The second kappa shape index (κ2) is 10.8. The van der Waals surface area contributed by atoms with Crippen LogP contribution in [0.5, 0.6) is 0 Å². The number of halogens is 2. The average Bonchev–Trinajstić information content (AvgIpc) is 2.84. The predicted molar refractivity (Wildman–Crippen MR) is 130 cm³/mol. The molecule has 3 aromatic carbocycles. The zero-order valence-corrected chi connectivity index (χ0v) is 19.2. The number of nitrogens with zero attached hydrogens (tertiary/aromatic N) is 1. The molecule has 0 saturated heterocycles. The van der Waals surface area contributed by atoms with Crippen molar-refractivity contribution in [2.45, 2.75) is 57.8 Å². The Morgan fingerprint density at radius 1 is 0.848 bits per heavy atom.